The molecule has 6 nitrogen and oxygen atoms in total. The Kier molecular flexibility index (Phi) is 6.45. The van der Waals surface area contributed by atoms with Crippen LogP contribution in [0.25, 0.3) is 0 Å². The molecule has 1 aliphatic rings. The average Bonchev–Trinajstić information content (AvgIpc) is 2.41. The van der Waals surface area contributed by atoms with Gasteiger partial charge < -0.3 is 15.7 Å². The van der Waals surface area contributed by atoms with Gasteiger partial charge >= 0.3 is 12.0 Å². The van der Waals surface area contributed by atoms with E-state index in [9.17, 15) is 14.7 Å². The van der Waals surface area contributed by atoms with Gasteiger partial charge in [-0.1, -0.05) is 27.2 Å². The summed E-state index contributed by atoms with van der Waals surface area (Å²) >= 11 is 0. The van der Waals surface area contributed by atoms with Crippen LogP contribution in [0.2, 0.25) is 0 Å². The Bertz CT molecular complexity index is 360. The number of carboxylic acids is 1. The molecular formula is C15H29N3O3. The van der Waals surface area contributed by atoms with Crippen molar-refractivity contribution in [2.75, 3.05) is 19.6 Å². The fourth-order valence-corrected chi connectivity index (χ4v) is 2.56. The highest BCUT2D eigenvalue weighted by Crippen LogP contribution is 2.19. The molecule has 0 saturated carbocycles. The van der Waals surface area contributed by atoms with E-state index in [0.717, 1.165) is 13.1 Å². The number of amides is 2. The zero-order chi connectivity index (χ0) is 16.0. The van der Waals surface area contributed by atoms with Gasteiger partial charge in [-0.15, -0.1) is 0 Å². The Balaban J connectivity index is 2.40. The van der Waals surface area contributed by atoms with Gasteiger partial charge in [-0.3, -0.25) is 4.90 Å². The molecule has 0 bridgehead atoms. The van der Waals surface area contributed by atoms with Crippen LogP contribution < -0.4 is 10.6 Å². The van der Waals surface area contributed by atoms with Gasteiger partial charge in [0, 0.05) is 12.6 Å². The summed E-state index contributed by atoms with van der Waals surface area (Å²) < 4.78 is 0. The molecule has 2 atom stereocenters. The quantitative estimate of drug-likeness (QED) is 0.721. The number of likely N-dealkylation sites (tertiary alicyclic amines) is 1. The molecule has 0 aromatic carbocycles. The van der Waals surface area contributed by atoms with Gasteiger partial charge in [0.2, 0.25) is 0 Å². The van der Waals surface area contributed by atoms with Crippen molar-refractivity contribution in [1.82, 2.24) is 15.5 Å². The van der Waals surface area contributed by atoms with Crippen molar-refractivity contribution in [1.29, 1.82) is 0 Å². The van der Waals surface area contributed by atoms with Crippen molar-refractivity contribution >= 4 is 12.0 Å². The molecule has 1 heterocycles. The molecule has 1 unspecified atom stereocenters. The minimum atomic E-state index is -1.01. The number of urea groups is 1. The summed E-state index contributed by atoms with van der Waals surface area (Å²) in [5.74, 6) is -1.01. The van der Waals surface area contributed by atoms with Crippen LogP contribution in [-0.4, -0.2) is 53.7 Å². The maximum absolute atomic E-state index is 11.9. The standard InChI is InChI=1S/C15H29N3O3/c1-11(18-8-6-5-7-9-18)10-16-14(21)17-12(13(19)20)15(2,3)4/h11-12H,5-10H2,1-4H3,(H,19,20)(H2,16,17,21)/t11?,12-/m0/s1. The number of hydrogen-bond donors (Lipinski definition) is 3. The smallest absolute Gasteiger partial charge is 0.326 e. The van der Waals surface area contributed by atoms with Crippen molar-refractivity contribution in [2.24, 2.45) is 5.41 Å². The van der Waals surface area contributed by atoms with E-state index in [1.54, 1.807) is 20.8 Å². The van der Waals surface area contributed by atoms with Gasteiger partial charge in [0.25, 0.3) is 0 Å². The lowest BCUT2D eigenvalue weighted by molar-refractivity contribution is -0.141. The molecule has 0 aromatic heterocycles. The molecule has 1 saturated heterocycles. The Morgan fingerprint density at radius 3 is 2.24 bits per heavy atom. The first-order valence-corrected chi connectivity index (χ1v) is 7.73. The van der Waals surface area contributed by atoms with Gasteiger partial charge in [0.15, 0.2) is 0 Å². The van der Waals surface area contributed by atoms with Crippen LogP contribution >= 0.6 is 0 Å². The number of carbonyl (C=O) groups excluding carboxylic acids is 1. The molecule has 6 heteroatoms. The second kappa shape index (κ2) is 7.64. The third-order valence-corrected chi connectivity index (χ3v) is 3.96. The monoisotopic (exact) mass is 299 g/mol. The molecule has 1 aliphatic heterocycles. The lowest BCUT2D eigenvalue weighted by atomic mass is 9.87. The molecule has 122 valence electrons. The van der Waals surface area contributed by atoms with E-state index in [1.165, 1.54) is 19.3 Å². The maximum atomic E-state index is 11.9. The van der Waals surface area contributed by atoms with E-state index >= 15 is 0 Å². The van der Waals surface area contributed by atoms with Gasteiger partial charge in [0.1, 0.15) is 6.04 Å². The lowest BCUT2D eigenvalue weighted by Crippen LogP contribution is -2.54. The van der Waals surface area contributed by atoms with Crippen LogP contribution in [0.4, 0.5) is 4.79 Å². The first-order valence-electron chi connectivity index (χ1n) is 7.73. The number of rotatable bonds is 5. The Hall–Kier alpha value is -1.30. The minimum absolute atomic E-state index is 0.272. The van der Waals surface area contributed by atoms with E-state index in [-0.39, 0.29) is 6.04 Å². The number of nitrogens with one attached hydrogen (secondary N) is 2. The van der Waals surface area contributed by atoms with Crippen LogP contribution in [-0.2, 0) is 4.79 Å². The highest BCUT2D eigenvalue weighted by atomic mass is 16.4. The predicted molar refractivity (Wildman–Crippen MR) is 82.3 cm³/mol. The molecule has 0 aromatic rings. The van der Waals surface area contributed by atoms with Gasteiger partial charge in [-0.2, -0.15) is 0 Å². The molecule has 3 N–H and O–H groups in total. The largest absolute Gasteiger partial charge is 0.480 e. The van der Waals surface area contributed by atoms with Crippen LogP contribution in [0.1, 0.15) is 47.0 Å². The Morgan fingerprint density at radius 2 is 1.76 bits per heavy atom. The van der Waals surface area contributed by atoms with E-state index in [4.69, 9.17) is 0 Å². The van der Waals surface area contributed by atoms with Gasteiger partial charge in [-0.05, 0) is 38.3 Å². The lowest BCUT2D eigenvalue weighted by Gasteiger charge is -2.33. The van der Waals surface area contributed by atoms with E-state index in [0.29, 0.717) is 6.54 Å². The summed E-state index contributed by atoms with van der Waals surface area (Å²) in [4.78, 5) is 25.5. The Morgan fingerprint density at radius 1 is 1.19 bits per heavy atom. The number of carbonyl (C=O) groups is 2. The van der Waals surface area contributed by atoms with Crippen LogP contribution in [0.15, 0.2) is 0 Å². The van der Waals surface area contributed by atoms with E-state index in [2.05, 4.69) is 22.5 Å². The number of aliphatic carboxylic acids is 1. The fourth-order valence-electron chi connectivity index (χ4n) is 2.56. The zero-order valence-corrected chi connectivity index (χ0v) is 13.6. The third kappa shape index (κ3) is 5.91. The summed E-state index contributed by atoms with van der Waals surface area (Å²) in [7, 11) is 0. The molecule has 0 spiro atoms. The molecular weight excluding hydrogens is 270 g/mol. The summed E-state index contributed by atoms with van der Waals surface area (Å²) in [5.41, 5.74) is -0.526. The molecule has 1 rings (SSSR count). The van der Waals surface area contributed by atoms with Crippen molar-refractivity contribution in [2.45, 2.75) is 59.0 Å². The average molecular weight is 299 g/mol. The Labute approximate surface area is 127 Å². The summed E-state index contributed by atoms with van der Waals surface area (Å²) in [6, 6.07) is -1.04. The number of nitrogens with zero attached hydrogens (tertiary/aromatic N) is 1. The molecule has 0 radical (unpaired) electrons. The molecule has 0 aliphatic carbocycles. The van der Waals surface area contributed by atoms with Crippen molar-refractivity contribution in [3.05, 3.63) is 0 Å². The fraction of sp³-hybridized carbons (Fsp3) is 0.867. The maximum Gasteiger partial charge on any atom is 0.326 e. The second-order valence-electron chi connectivity index (χ2n) is 6.94. The molecule has 21 heavy (non-hydrogen) atoms. The SMILES string of the molecule is CC(CNC(=O)N[C@@H](C(=O)O)C(C)(C)C)N1CCCCC1. The summed E-state index contributed by atoms with van der Waals surface area (Å²) in [5, 5.41) is 14.5. The van der Waals surface area contributed by atoms with Crippen LogP contribution in [0.3, 0.4) is 0 Å². The number of hydrogen-bond acceptors (Lipinski definition) is 3. The molecule has 2 amide bonds. The predicted octanol–water partition coefficient (Wildman–Crippen LogP) is 1.66. The first kappa shape index (κ1) is 17.8. The normalized spacial score (nSPS) is 19.6. The minimum Gasteiger partial charge on any atom is -0.480 e. The number of piperidine rings is 1. The van der Waals surface area contributed by atoms with E-state index < -0.39 is 23.5 Å². The summed E-state index contributed by atoms with van der Waals surface area (Å²) in [6.07, 6.45) is 3.70. The van der Waals surface area contributed by atoms with Crippen LogP contribution in [0, 0.1) is 5.41 Å². The van der Waals surface area contributed by atoms with Gasteiger partial charge in [-0.25, -0.2) is 9.59 Å². The topological polar surface area (TPSA) is 81.7 Å². The number of carboxylic acid groups (broad SMARTS) is 1. The second-order valence-corrected chi connectivity index (χ2v) is 6.94. The zero-order valence-electron chi connectivity index (χ0n) is 13.6. The highest BCUT2D eigenvalue weighted by Gasteiger charge is 2.32. The van der Waals surface area contributed by atoms with Crippen molar-refractivity contribution in [3.63, 3.8) is 0 Å². The van der Waals surface area contributed by atoms with Crippen molar-refractivity contribution < 1.29 is 14.7 Å². The third-order valence-electron chi connectivity index (χ3n) is 3.96. The van der Waals surface area contributed by atoms with E-state index in [1.807, 2.05) is 0 Å². The van der Waals surface area contributed by atoms with Crippen LogP contribution in [0.5, 0.6) is 0 Å². The highest BCUT2D eigenvalue weighted by molar-refractivity contribution is 5.83. The van der Waals surface area contributed by atoms with Crippen molar-refractivity contribution in [3.8, 4) is 0 Å². The van der Waals surface area contributed by atoms with Gasteiger partial charge in [0.05, 0.1) is 0 Å². The molecule has 1 fully saturated rings. The first-order chi connectivity index (χ1) is 9.71. The summed E-state index contributed by atoms with van der Waals surface area (Å²) in [6.45, 7) is 10.1.